The van der Waals surface area contributed by atoms with E-state index in [2.05, 4.69) is 58.5 Å². The van der Waals surface area contributed by atoms with Crippen LogP contribution in [0, 0.1) is 0 Å². The lowest BCUT2D eigenvalue weighted by molar-refractivity contribution is 0.279. The van der Waals surface area contributed by atoms with Crippen LogP contribution in [0.5, 0.6) is 0 Å². The van der Waals surface area contributed by atoms with Gasteiger partial charge in [-0.05, 0) is 18.1 Å². The first-order chi connectivity index (χ1) is 9.29. The third-order valence-corrected chi connectivity index (χ3v) is 3.85. The number of hydrogen-bond donors (Lipinski definition) is 2. The zero-order chi connectivity index (χ0) is 13.2. The van der Waals surface area contributed by atoms with Crippen molar-refractivity contribution in [2.45, 2.75) is 6.42 Å². The third-order valence-electron chi connectivity index (χ3n) is 3.85. The molecule has 2 aromatic rings. The Bertz CT molecular complexity index is 612. The van der Waals surface area contributed by atoms with Gasteiger partial charge in [0.2, 0.25) is 0 Å². The van der Waals surface area contributed by atoms with Crippen molar-refractivity contribution in [3.05, 3.63) is 42.1 Å². The zero-order valence-corrected chi connectivity index (χ0v) is 11.3. The van der Waals surface area contributed by atoms with E-state index in [-0.39, 0.29) is 0 Å². The molecule has 0 radical (unpaired) electrons. The summed E-state index contributed by atoms with van der Waals surface area (Å²) < 4.78 is 2.21. The van der Waals surface area contributed by atoms with Gasteiger partial charge < -0.3 is 4.57 Å². The first kappa shape index (κ1) is 12.4. The van der Waals surface area contributed by atoms with E-state index in [4.69, 9.17) is 5.84 Å². The molecule has 1 aliphatic heterocycles. The van der Waals surface area contributed by atoms with Crippen molar-refractivity contribution < 1.29 is 0 Å². The van der Waals surface area contributed by atoms with Crippen LogP contribution in [0.25, 0.3) is 16.5 Å². The molecule has 0 aliphatic carbocycles. The van der Waals surface area contributed by atoms with Gasteiger partial charge in [-0.3, -0.25) is 10.7 Å². The van der Waals surface area contributed by atoms with E-state index in [1.165, 1.54) is 22.0 Å². The Hall–Kier alpha value is -1.62. The zero-order valence-electron chi connectivity index (χ0n) is 11.3. The number of aryl methyl sites for hydroxylation is 1. The minimum absolute atomic E-state index is 0.749. The minimum atomic E-state index is 0.749. The number of hydrazine groups is 1. The van der Waals surface area contributed by atoms with E-state index in [0.29, 0.717) is 0 Å². The topological polar surface area (TPSA) is 46.2 Å². The van der Waals surface area contributed by atoms with Crippen LogP contribution in [0.15, 0.2) is 36.5 Å². The van der Waals surface area contributed by atoms with Gasteiger partial charge in [-0.1, -0.05) is 24.3 Å². The van der Waals surface area contributed by atoms with Gasteiger partial charge in [-0.15, -0.1) is 0 Å². The lowest BCUT2D eigenvalue weighted by Gasteiger charge is -2.25. The summed E-state index contributed by atoms with van der Waals surface area (Å²) in [6, 6.07) is 8.59. The van der Waals surface area contributed by atoms with E-state index in [9.17, 15) is 0 Å². The molecule has 0 amide bonds. The first-order valence-corrected chi connectivity index (χ1v) is 6.69. The van der Waals surface area contributed by atoms with Gasteiger partial charge in [0.05, 0.1) is 6.67 Å². The predicted molar refractivity (Wildman–Crippen MR) is 79.3 cm³/mol. The summed E-state index contributed by atoms with van der Waals surface area (Å²) in [7, 11) is 2.11. The summed E-state index contributed by atoms with van der Waals surface area (Å²) in [5.41, 5.74) is 6.84. The van der Waals surface area contributed by atoms with Crippen molar-refractivity contribution in [1.29, 1.82) is 0 Å². The Balaban J connectivity index is 1.93. The molecule has 1 aromatic heterocycles. The Labute approximate surface area is 113 Å². The highest BCUT2D eigenvalue weighted by atomic mass is 15.3. The lowest BCUT2D eigenvalue weighted by Crippen LogP contribution is -2.40. The second-order valence-corrected chi connectivity index (χ2v) is 5.09. The van der Waals surface area contributed by atoms with Crippen LogP contribution in [-0.2, 0) is 7.05 Å². The largest absolute Gasteiger partial charge is 0.350 e. The van der Waals surface area contributed by atoms with E-state index in [1.54, 1.807) is 0 Å². The highest BCUT2D eigenvalue weighted by molar-refractivity contribution is 5.93. The molecule has 1 aromatic carbocycles. The molecule has 19 heavy (non-hydrogen) atoms. The summed E-state index contributed by atoms with van der Waals surface area (Å²) >= 11 is 0. The molecule has 0 fully saturated rings. The van der Waals surface area contributed by atoms with Crippen LogP contribution in [-0.4, -0.2) is 29.2 Å². The number of hydrogen-bond acceptors (Lipinski definition) is 3. The number of fused-ring (bicyclic) bond motifs is 1. The fourth-order valence-corrected chi connectivity index (χ4v) is 2.83. The van der Waals surface area contributed by atoms with Gasteiger partial charge in [0.25, 0.3) is 0 Å². The van der Waals surface area contributed by atoms with E-state index in [0.717, 1.165) is 26.2 Å². The summed E-state index contributed by atoms with van der Waals surface area (Å²) in [4.78, 5) is 2.30. The number of benzene rings is 1. The molecule has 0 atom stereocenters. The number of nitrogens with one attached hydrogen (secondary N) is 1. The molecule has 100 valence electrons. The maximum Gasteiger partial charge on any atom is 0.0615 e. The van der Waals surface area contributed by atoms with Crippen LogP contribution in [0.2, 0.25) is 0 Å². The molecule has 4 heteroatoms. The molecule has 1 aliphatic rings. The van der Waals surface area contributed by atoms with Crippen molar-refractivity contribution in [2.75, 3.05) is 19.8 Å². The minimum Gasteiger partial charge on any atom is -0.350 e. The number of nitrogens with two attached hydrogens (primary N) is 1. The summed E-state index contributed by atoms with van der Waals surface area (Å²) in [5.74, 6) is 5.37. The lowest BCUT2D eigenvalue weighted by atomic mass is 9.99. The quantitative estimate of drug-likeness (QED) is 0.649. The van der Waals surface area contributed by atoms with Crippen LogP contribution >= 0.6 is 0 Å². The van der Waals surface area contributed by atoms with Crippen molar-refractivity contribution in [2.24, 2.45) is 12.9 Å². The highest BCUT2D eigenvalue weighted by Crippen LogP contribution is 2.30. The van der Waals surface area contributed by atoms with E-state index >= 15 is 0 Å². The summed E-state index contributed by atoms with van der Waals surface area (Å²) in [5, 5.41) is 1.35. The fraction of sp³-hybridized carbons (Fsp3) is 0.333. The fourth-order valence-electron chi connectivity index (χ4n) is 2.83. The Kier molecular flexibility index (Phi) is 3.38. The molecular formula is C15H20N4. The second-order valence-electron chi connectivity index (χ2n) is 5.09. The van der Waals surface area contributed by atoms with Gasteiger partial charge in [0.1, 0.15) is 0 Å². The van der Waals surface area contributed by atoms with Crippen LogP contribution in [0.4, 0.5) is 0 Å². The molecule has 0 spiro atoms. The number of nitrogens with zero attached hydrogens (tertiary/aromatic N) is 2. The average Bonchev–Trinajstić information content (AvgIpc) is 2.78. The Morgan fingerprint density at radius 3 is 2.89 bits per heavy atom. The Morgan fingerprint density at radius 2 is 2.16 bits per heavy atom. The van der Waals surface area contributed by atoms with E-state index in [1.807, 2.05) is 0 Å². The molecule has 0 saturated carbocycles. The van der Waals surface area contributed by atoms with Crippen molar-refractivity contribution >= 4 is 16.5 Å². The normalized spacial score (nSPS) is 16.8. The van der Waals surface area contributed by atoms with Gasteiger partial charge >= 0.3 is 0 Å². The smallest absolute Gasteiger partial charge is 0.0615 e. The molecule has 4 nitrogen and oxygen atoms in total. The first-order valence-electron chi connectivity index (χ1n) is 6.69. The van der Waals surface area contributed by atoms with Gasteiger partial charge in [-0.2, -0.15) is 0 Å². The van der Waals surface area contributed by atoms with Gasteiger partial charge in [0, 0.05) is 42.8 Å². The Morgan fingerprint density at radius 1 is 1.32 bits per heavy atom. The summed E-state index contributed by atoms with van der Waals surface area (Å²) in [6.07, 6.45) is 5.64. The third kappa shape index (κ3) is 2.30. The number of para-hydroxylation sites is 1. The van der Waals surface area contributed by atoms with Crippen LogP contribution in [0.1, 0.15) is 12.0 Å². The van der Waals surface area contributed by atoms with Crippen LogP contribution in [0.3, 0.4) is 0 Å². The standard InChI is InChI=1S/C15H20N4/c1-18-10-14(13-4-2-3-5-15(13)18)12-6-8-19(9-7-12)11-17-16/h2-6,10,17H,7-9,11,16H2,1H3. The van der Waals surface area contributed by atoms with Crippen LogP contribution < -0.4 is 11.3 Å². The summed E-state index contributed by atoms with van der Waals surface area (Å²) in [6.45, 7) is 2.77. The van der Waals surface area contributed by atoms with Crippen molar-refractivity contribution in [1.82, 2.24) is 14.9 Å². The monoisotopic (exact) mass is 256 g/mol. The van der Waals surface area contributed by atoms with Gasteiger partial charge in [-0.25, -0.2) is 5.43 Å². The molecule has 3 rings (SSSR count). The highest BCUT2D eigenvalue weighted by Gasteiger charge is 2.15. The average molecular weight is 256 g/mol. The molecule has 2 heterocycles. The molecular weight excluding hydrogens is 236 g/mol. The maximum absolute atomic E-state index is 5.37. The SMILES string of the molecule is Cn1cc(C2=CCN(CNN)CC2)c2ccccc21. The molecule has 0 unspecified atom stereocenters. The molecule has 0 bridgehead atoms. The van der Waals surface area contributed by atoms with Crippen molar-refractivity contribution in [3.8, 4) is 0 Å². The van der Waals surface area contributed by atoms with Gasteiger partial charge in [0.15, 0.2) is 0 Å². The van der Waals surface area contributed by atoms with E-state index < -0.39 is 0 Å². The second kappa shape index (κ2) is 5.17. The van der Waals surface area contributed by atoms with Crippen molar-refractivity contribution in [3.63, 3.8) is 0 Å². The number of aromatic nitrogens is 1. The molecule has 3 N–H and O–H groups in total. The predicted octanol–water partition coefficient (Wildman–Crippen LogP) is 1.69. The molecule has 0 saturated heterocycles. The maximum atomic E-state index is 5.37. The number of rotatable bonds is 3.